The first-order valence-electron chi connectivity index (χ1n) is 12.2. The molecule has 5 rings (SSSR count). The average Bonchev–Trinajstić information content (AvgIpc) is 3.07. The Bertz CT molecular complexity index is 1180. The van der Waals surface area contributed by atoms with Crippen LogP contribution in [-0.2, 0) is 21.8 Å². The minimum atomic E-state index is -0.106. The molecule has 2 heteroatoms. The average molecular weight is 440 g/mol. The molecule has 0 saturated heterocycles. The highest BCUT2D eigenvalue weighted by Gasteiger charge is 2.61. The summed E-state index contributed by atoms with van der Waals surface area (Å²) in [6.07, 6.45) is 3.29. The molecular weight excluding hydrogens is 402 g/mol. The van der Waals surface area contributed by atoms with Crippen molar-refractivity contribution in [1.82, 2.24) is 0 Å². The van der Waals surface area contributed by atoms with Crippen molar-refractivity contribution >= 4 is 5.69 Å². The van der Waals surface area contributed by atoms with E-state index in [0.717, 1.165) is 25.0 Å². The van der Waals surface area contributed by atoms with Crippen LogP contribution in [0.5, 0.6) is 5.75 Å². The Balaban J connectivity index is 1.69. The summed E-state index contributed by atoms with van der Waals surface area (Å²) in [5.41, 5.74) is 6.99. The maximum absolute atomic E-state index is 5.59. The third kappa shape index (κ3) is 3.29. The summed E-state index contributed by atoms with van der Waals surface area (Å²) in [4.78, 5) is 0. The molecule has 2 nitrogen and oxygen atoms in total. The quantitative estimate of drug-likeness (QED) is 0.451. The zero-order valence-corrected chi connectivity index (χ0v) is 21.0. The summed E-state index contributed by atoms with van der Waals surface area (Å²) in [6.45, 7) is 11.9. The molecule has 3 aromatic rings. The lowest BCUT2D eigenvalue weighted by atomic mass is 9.51. The van der Waals surface area contributed by atoms with E-state index in [1.165, 1.54) is 27.9 Å². The summed E-state index contributed by atoms with van der Waals surface area (Å²) in [5, 5.41) is 4.07. The van der Waals surface area contributed by atoms with E-state index in [9.17, 15) is 0 Å². The topological polar surface area (TPSA) is 21.3 Å². The van der Waals surface area contributed by atoms with Crippen molar-refractivity contribution in [2.75, 3.05) is 12.4 Å². The normalized spacial score (nSPS) is 28.5. The van der Waals surface area contributed by atoms with Crippen LogP contribution in [-0.4, -0.2) is 7.11 Å². The molecule has 1 saturated carbocycles. The van der Waals surface area contributed by atoms with Crippen LogP contribution in [0.1, 0.15) is 76.1 Å². The van der Waals surface area contributed by atoms with Crippen molar-refractivity contribution in [1.29, 1.82) is 0 Å². The SMILES string of the molecule is COc1cccc(C2(C)CCC3(c4ccccc4)Nc4ccc(C(C)(C)C)cc4C3(C)C2)c1. The van der Waals surface area contributed by atoms with Crippen LogP contribution in [0.2, 0.25) is 0 Å². The van der Waals surface area contributed by atoms with Gasteiger partial charge < -0.3 is 10.1 Å². The zero-order valence-electron chi connectivity index (χ0n) is 21.0. The van der Waals surface area contributed by atoms with Crippen molar-refractivity contribution < 1.29 is 4.74 Å². The summed E-state index contributed by atoms with van der Waals surface area (Å²) in [7, 11) is 1.76. The largest absolute Gasteiger partial charge is 0.497 e. The predicted molar refractivity (Wildman–Crippen MR) is 138 cm³/mol. The molecule has 0 radical (unpaired) electrons. The van der Waals surface area contributed by atoms with Gasteiger partial charge in [-0.2, -0.15) is 0 Å². The standard InChI is InChI=1S/C31H37NO/c1-28(2,3)23-15-16-27-26(20-23)30(5)21-29(4,24-13-10-14-25(19-24)33-6)17-18-31(30,32-27)22-11-8-7-9-12-22/h7-16,19-20,32H,17-18,21H2,1-6H3. The van der Waals surface area contributed by atoms with Crippen molar-refractivity contribution in [3.8, 4) is 5.75 Å². The smallest absolute Gasteiger partial charge is 0.119 e. The third-order valence-electron chi connectivity index (χ3n) is 8.60. The monoisotopic (exact) mass is 439 g/mol. The molecule has 33 heavy (non-hydrogen) atoms. The number of anilines is 1. The van der Waals surface area contributed by atoms with Crippen molar-refractivity contribution in [3.63, 3.8) is 0 Å². The number of methoxy groups -OCH3 is 1. The van der Waals surface area contributed by atoms with Gasteiger partial charge in [0.25, 0.3) is 0 Å². The molecule has 0 amide bonds. The second-order valence-electron chi connectivity index (χ2n) is 11.7. The molecule has 0 aromatic heterocycles. The van der Waals surface area contributed by atoms with E-state index < -0.39 is 0 Å². The van der Waals surface area contributed by atoms with Gasteiger partial charge >= 0.3 is 0 Å². The van der Waals surface area contributed by atoms with Gasteiger partial charge in [-0.3, -0.25) is 0 Å². The second kappa shape index (κ2) is 7.38. The highest BCUT2D eigenvalue weighted by molar-refractivity contribution is 5.68. The first-order valence-corrected chi connectivity index (χ1v) is 12.2. The van der Waals surface area contributed by atoms with Crippen LogP contribution >= 0.6 is 0 Å². The minimum Gasteiger partial charge on any atom is -0.497 e. The Morgan fingerprint density at radius 2 is 1.55 bits per heavy atom. The fourth-order valence-electron chi connectivity index (χ4n) is 6.59. The van der Waals surface area contributed by atoms with Crippen LogP contribution in [0.15, 0.2) is 72.8 Å². The lowest BCUT2D eigenvalue weighted by Crippen LogP contribution is -2.55. The zero-order chi connectivity index (χ0) is 23.5. The minimum absolute atomic E-state index is 0.0407. The first kappa shape index (κ1) is 22.1. The van der Waals surface area contributed by atoms with Gasteiger partial charge in [0.2, 0.25) is 0 Å². The van der Waals surface area contributed by atoms with E-state index >= 15 is 0 Å². The number of hydrogen-bond acceptors (Lipinski definition) is 2. The Labute approximate surface area is 199 Å². The van der Waals surface area contributed by atoms with Crippen molar-refractivity contribution in [3.05, 3.63) is 95.1 Å². The predicted octanol–water partition coefficient (Wildman–Crippen LogP) is 7.71. The lowest BCUT2D eigenvalue weighted by Gasteiger charge is -2.54. The molecule has 0 spiro atoms. The lowest BCUT2D eigenvalue weighted by molar-refractivity contribution is 0.128. The summed E-state index contributed by atoms with van der Waals surface area (Å²) in [6, 6.07) is 27.0. The molecule has 2 aliphatic rings. The number of nitrogens with one attached hydrogen (secondary N) is 1. The summed E-state index contributed by atoms with van der Waals surface area (Å²) >= 11 is 0. The fourth-order valence-corrected chi connectivity index (χ4v) is 6.59. The van der Waals surface area contributed by atoms with Crippen LogP contribution < -0.4 is 10.1 Å². The molecule has 3 unspecified atom stereocenters. The van der Waals surface area contributed by atoms with Gasteiger partial charge in [-0.1, -0.05) is 89.2 Å². The molecular formula is C31H37NO. The van der Waals surface area contributed by atoms with Gasteiger partial charge in [-0.05, 0) is 70.5 Å². The second-order valence-corrected chi connectivity index (χ2v) is 11.7. The van der Waals surface area contributed by atoms with E-state index in [0.29, 0.717) is 0 Å². The van der Waals surface area contributed by atoms with E-state index in [2.05, 4.69) is 107 Å². The molecule has 1 aliphatic carbocycles. The number of hydrogen-bond donors (Lipinski definition) is 1. The third-order valence-corrected chi connectivity index (χ3v) is 8.60. The Morgan fingerprint density at radius 3 is 2.24 bits per heavy atom. The Kier molecular flexibility index (Phi) is 4.94. The first-order chi connectivity index (χ1) is 15.6. The molecule has 1 N–H and O–H groups in total. The van der Waals surface area contributed by atoms with Crippen LogP contribution in [0.25, 0.3) is 0 Å². The summed E-state index contributed by atoms with van der Waals surface area (Å²) < 4.78 is 5.59. The number of fused-ring (bicyclic) bond motifs is 3. The van der Waals surface area contributed by atoms with E-state index in [1.807, 2.05) is 6.07 Å². The van der Waals surface area contributed by atoms with Gasteiger partial charge in [0.1, 0.15) is 5.75 Å². The van der Waals surface area contributed by atoms with Crippen molar-refractivity contribution in [2.45, 2.75) is 75.7 Å². The number of benzene rings is 3. The van der Waals surface area contributed by atoms with Gasteiger partial charge in [-0.15, -0.1) is 0 Å². The van der Waals surface area contributed by atoms with E-state index in [4.69, 9.17) is 4.74 Å². The number of rotatable bonds is 3. The molecule has 3 atom stereocenters. The van der Waals surface area contributed by atoms with Gasteiger partial charge in [-0.25, -0.2) is 0 Å². The molecule has 172 valence electrons. The number of ether oxygens (including phenoxy) is 1. The van der Waals surface area contributed by atoms with Crippen LogP contribution in [0.3, 0.4) is 0 Å². The van der Waals surface area contributed by atoms with Crippen molar-refractivity contribution in [2.24, 2.45) is 0 Å². The summed E-state index contributed by atoms with van der Waals surface area (Å²) in [5.74, 6) is 0.943. The van der Waals surface area contributed by atoms with Crippen LogP contribution in [0.4, 0.5) is 5.69 Å². The van der Waals surface area contributed by atoms with Gasteiger partial charge in [0, 0.05) is 11.1 Å². The molecule has 1 heterocycles. The van der Waals surface area contributed by atoms with Gasteiger partial charge in [0.15, 0.2) is 0 Å². The Hall–Kier alpha value is -2.74. The Morgan fingerprint density at radius 1 is 0.818 bits per heavy atom. The molecule has 1 aliphatic heterocycles. The molecule has 0 bridgehead atoms. The highest BCUT2D eigenvalue weighted by Crippen LogP contribution is 2.64. The van der Waals surface area contributed by atoms with E-state index in [1.54, 1.807) is 7.11 Å². The fraction of sp³-hybridized carbons (Fsp3) is 0.419. The highest BCUT2D eigenvalue weighted by atomic mass is 16.5. The van der Waals surface area contributed by atoms with Crippen LogP contribution in [0, 0.1) is 0 Å². The van der Waals surface area contributed by atoms with E-state index in [-0.39, 0.29) is 21.8 Å². The maximum atomic E-state index is 5.59. The van der Waals surface area contributed by atoms with Gasteiger partial charge in [0.05, 0.1) is 12.6 Å². The molecule has 1 fully saturated rings. The maximum Gasteiger partial charge on any atom is 0.119 e. The molecule has 3 aromatic carbocycles.